The number of rotatable bonds is 0. The first-order valence-corrected chi connectivity index (χ1v) is 5.28. The smallest absolute Gasteiger partial charge is 0.224 e. The van der Waals surface area contributed by atoms with E-state index < -0.39 is 11.9 Å². The summed E-state index contributed by atoms with van der Waals surface area (Å²) in [7, 11) is 0. The summed E-state index contributed by atoms with van der Waals surface area (Å²) >= 11 is 0. The third-order valence-corrected chi connectivity index (χ3v) is 2.96. The summed E-state index contributed by atoms with van der Waals surface area (Å²) < 4.78 is 13.7. The van der Waals surface area contributed by atoms with Crippen LogP contribution < -0.4 is 4.90 Å². The normalized spacial score (nSPS) is 24.1. The predicted octanol–water partition coefficient (Wildman–Crippen LogP) is 2.00. The van der Waals surface area contributed by atoms with Crippen molar-refractivity contribution < 1.29 is 14.3 Å². The Hall–Kier alpha value is -1.42. The Labute approximate surface area is 93.5 Å². The predicted molar refractivity (Wildman–Crippen MR) is 58.6 cm³/mol. The van der Waals surface area contributed by atoms with Gasteiger partial charge in [-0.1, -0.05) is 12.1 Å². The molecule has 1 heterocycles. The van der Waals surface area contributed by atoms with E-state index in [1.165, 1.54) is 17.9 Å². The molecular weight excluding hydrogens is 209 g/mol. The number of amides is 1. The second kappa shape index (κ2) is 3.87. The lowest BCUT2D eigenvalue weighted by molar-refractivity contribution is -0.117. The molecule has 0 aliphatic carbocycles. The van der Waals surface area contributed by atoms with Gasteiger partial charge >= 0.3 is 0 Å². The van der Waals surface area contributed by atoms with E-state index in [0.29, 0.717) is 12.0 Å². The van der Waals surface area contributed by atoms with Gasteiger partial charge in [0.05, 0.1) is 11.8 Å². The van der Waals surface area contributed by atoms with Gasteiger partial charge in [-0.3, -0.25) is 4.79 Å². The molecule has 1 N–H and O–H groups in total. The van der Waals surface area contributed by atoms with Crippen molar-refractivity contribution in [3.8, 4) is 0 Å². The number of benzene rings is 1. The van der Waals surface area contributed by atoms with E-state index in [4.69, 9.17) is 0 Å². The Balaban J connectivity index is 2.61. The van der Waals surface area contributed by atoms with E-state index in [0.717, 1.165) is 0 Å². The molecule has 1 aromatic rings. The molecule has 0 radical (unpaired) electrons. The molecule has 2 atom stereocenters. The van der Waals surface area contributed by atoms with Crippen LogP contribution in [0.4, 0.5) is 10.1 Å². The minimum Gasteiger partial charge on any atom is -0.388 e. The SMILES string of the molecule is CC(=O)N1c2c(F)cccc2C(O)CC1C. The van der Waals surface area contributed by atoms with Gasteiger partial charge < -0.3 is 10.0 Å². The summed E-state index contributed by atoms with van der Waals surface area (Å²) in [5.41, 5.74) is 0.717. The molecule has 1 aromatic carbocycles. The average Bonchev–Trinajstić information content (AvgIpc) is 2.19. The van der Waals surface area contributed by atoms with Gasteiger partial charge in [-0.05, 0) is 19.4 Å². The topological polar surface area (TPSA) is 40.5 Å². The first kappa shape index (κ1) is 11.1. The Kier molecular flexibility index (Phi) is 2.68. The molecule has 2 unspecified atom stereocenters. The average molecular weight is 223 g/mol. The maximum atomic E-state index is 13.7. The Morgan fingerprint density at radius 3 is 2.88 bits per heavy atom. The van der Waals surface area contributed by atoms with E-state index in [-0.39, 0.29) is 17.6 Å². The van der Waals surface area contributed by atoms with E-state index in [1.54, 1.807) is 19.1 Å². The Bertz CT molecular complexity index is 433. The van der Waals surface area contributed by atoms with E-state index >= 15 is 0 Å². The van der Waals surface area contributed by atoms with Crippen molar-refractivity contribution in [2.75, 3.05) is 4.90 Å². The van der Waals surface area contributed by atoms with Crippen LogP contribution in [0, 0.1) is 5.82 Å². The molecule has 2 rings (SSSR count). The molecular formula is C12H14FNO2. The minimum atomic E-state index is -0.698. The van der Waals surface area contributed by atoms with E-state index in [2.05, 4.69) is 0 Å². The molecule has 0 bridgehead atoms. The van der Waals surface area contributed by atoms with Crippen LogP contribution in [-0.2, 0) is 4.79 Å². The van der Waals surface area contributed by atoms with Crippen molar-refractivity contribution in [1.29, 1.82) is 0 Å². The number of hydrogen-bond donors (Lipinski definition) is 1. The van der Waals surface area contributed by atoms with Crippen LogP contribution >= 0.6 is 0 Å². The maximum absolute atomic E-state index is 13.7. The van der Waals surface area contributed by atoms with Gasteiger partial charge in [0.2, 0.25) is 5.91 Å². The summed E-state index contributed by atoms with van der Waals surface area (Å²) in [4.78, 5) is 12.9. The lowest BCUT2D eigenvalue weighted by Crippen LogP contribution is -2.42. The van der Waals surface area contributed by atoms with E-state index in [9.17, 15) is 14.3 Å². The summed E-state index contributed by atoms with van der Waals surface area (Å²) in [5, 5.41) is 9.85. The first-order chi connectivity index (χ1) is 7.52. The highest BCUT2D eigenvalue weighted by Crippen LogP contribution is 2.38. The summed E-state index contributed by atoms with van der Waals surface area (Å²) in [5.74, 6) is -0.663. The number of para-hydroxylation sites is 1. The molecule has 1 aliphatic heterocycles. The highest BCUT2D eigenvalue weighted by Gasteiger charge is 2.33. The fraction of sp³-hybridized carbons (Fsp3) is 0.417. The zero-order valence-corrected chi connectivity index (χ0v) is 9.27. The maximum Gasteiger partial charge on any atom is 0.224 e. The summed E-state index contributed by atoms with van der Waals surface area (Å²) in [6.07, 6.45) is -0.257. The van der Waals surface area contributed by atoms with E-state index in [1.807, 2.05) is 0 Å². The molecule has 0 saturated carbocycles. The van der Waals surface area contributed by atoms with Gasteiger partial charge in [-0.2, -0.15) is 0 Å². The van der Waals surface area contributed by atoms with Crippen LogP contribution in [-0.4, -0.2) is 17.1 Å². The van der Waals surface area contributed by atoms with Gasteiger partial charge in [0.25, 0.3) is 0 Å². The highest BCUT2D eigenvalue weighted by molar-refractivity contribution is 5.93. The second-order valence-electron chi connectivity index (χ2n) is 4.17. The van der Waals surface area contributed by atoms with Crippen molar-refractivity contribution >= 4 is 11.6 Å². The molecule has 4 heteroatoms. The van der Waals surface area contributed by atoms with Gasteiger partial charge in [-0.25, -0.2) is 4.39 Å². The van der Waals surface area contributed by atoms with Gasteiger partial charge in [0, 0.05) is 18.5 Å². The molecule has 0 fully saturated rings. The summed E-state index contributed by atoms with van der Waals surface area (Å²) in [6.45, 7) is 3.21. The second-order valence-corrected chi connectivity index (χ2v) is 4.17. The summed E-state index contributed by atoms with van der Waals surface area (Å²) in [6, 6.07) is 4.33. The third-order valence-electron chi connectivity index (χ3n) is 2.96. The molecule has 1 amide bonds. The monoisotopic (exact) mass is 223 g/mol. The van der Waals surface area contributed by atoms with Crippen molar-refractivity contribution in [2.24, 2.45) is 0 Å². The van der Waals surface area contributed by atoms with Crippen LogP contribution in [0.5, 0.6) is 0 Å². The molecule has 3 nitrogen and oxygen atoms in total. The third kappa shape index (κ3) is 1.59. The van der Waals surface area contributed by atoms with Crippen molar-refractivity contribution in [1.82, 2.24) is 0 Å². The molecule has 86 valence electrons. The molecule has 0 spiro atoms. The van der Waals surface area contributed by atoms with Crippen LogP contribution in [0.15, 0.2) is 18.2 Å². The number of aliphatic hydroxyl groups excluding tert-OH is 1. The fourth-order valence-electron chi connectivity index (χ4n) is 2.30. The van der Waals surface area contributed by atoms with Gasteiger partial charge in [0.1, 0.15) is 5.82 Å². The lowest BCUT2D eigenvalue weighted by Gasteiger charge is -2.37. The molecule has 16 heavy (non-hydrogen) atoms. The zero-order chi connectivity index (χ0) is 11.9. The fourth-order valence-corrected chi connectivity index (χ4v) is 2.30. The minimum absolute atomic E-state index is 0.183. The number of hydrogen-bond acceptors (Lipinski definition) is 2. The lowest BCUT2D eigenvalue weighted by atomic mass is 9.93. The standard InChI is InChI=1S/C12H14FNO2/c1-7-6-11(16)9-4-3-5-10(13)12(9)14(7)8(2)15/h3-5,7,11,16H,6H2,1-2H3. The van der Waals surface area contributed by atoms with Crippen molar-refractivity contribution in [2.45, 2.75) is 32.4 Å². The molecule has 1 aliphatic rings. The number of halogens is 1. The highest BCUT2D eigenvalue weighted by atomic mass is 19.1. The largest absolute Gasteiger partial charge is 0.388 e. The number of fused-ring (bicyclic) bond motifs is 1. The van der Waals surface area contributed by atoms with Crippen LogP contribution in [0.1, 0.15) is 31.9 Å². The number of anilines is 1. The molecule has 0 saturated heterocycles. The zero-order valence-electron chi connectivity index (χ0n) is 9.27. The number of carbonyl (C=O) groups excluding carboxylic acids is 1. The first-order valence-electron chi connectivity index (χ1n) is 5.28. The van der Waals surface area contributed by atoms with Gasteiger partial charge in [0.15, 0.2) is 0 Å². The van der Waals surface area contributed by atoms with Crippen molar-refractivity contribution in [3.63, 3.8) is 0 Å². The molecule has 0 aromatic heterocycles. The Morgan fingerprint density at radius 2 is 2.25 bits per heavy atom. The quantitative estimate of drug-likeness (QED) is 0.730. The van der Waals surface area contributed by atoms with Crippen LogP contribution in [0.2, 0.25) is 0 Å². The van der Waals surface area contributed by atoms with Gasteiger partial charge in [-0.15, -0.1) is 0 Å². The number of carbonyl (C=O) groups is 1. The van der Waals surface area contributed by atoms with Crippen molar-refractivity contribution in [3.05, 3.63) is 29.6 Å². The Morgan fingerprint density at radius 1 is 1.56 bits per heavy atom. The number of aliphatic hydroxyl groups is 1. The van der Waals surface area contributed by atoms with Crippen LogP contribution in [0.25, 0.3) is 0 Å². The van der Waals surface area contributed by atoms with Crippen LogP contribution in [0.3, 0.4) is 0 Å². The number of nitrogens with zero attached hydrogens (tertiary/aromatic N) is 1.